The predicted octanol–water partition coefficient (Wildman–Crippen LogP) is 4.70. The molecule has 1 aromatic rings. The van der Waals surface area contributed by atoms with Gasteiger partial charge in [-0.3, -0.25) is 0 Å². The number of hydrogen-bond acceptors (Lipinski definition) is 1. The molecule has 0 heterocycles. The maximum absolute atomic E-state index is 6.22. The summed E-state index contributed by atoms with van der Waals surface area (Å²) < 4.78 is 5.52. The summed E-state index contributed by atoms with van der Waals surface area (Å²) in [5.74, 6) is 0.967. The zero-order valence-electron chi connectivity index (χ0n) is 12.2. The average molecular weight is 303 g/mol. The number of rotatable bonds is 5. The molecule has 2 atom stereocenters. The highest BCUT2D eigenvalue weighted by Crippen LogP contribution is 2.49. The number of ether oxygens (including phenoxy) is 1. The number of benzene rings is 1. The van der Waals surface area contributed by atoms with Crippen LogP contribution in [0.2, 0.25) is 19.6 Å². The molecule has 0 bridgehead atoms. The van der Waals surface area contributed by atoms with Gasteiger partial charge in [0, 0.05) is 10.7 Å². The molecule has 102 valence electrons. The summed E-state index contributed by atoms with van der Waals surface area (Å²) in [6.45, 7) is 11.5. The van der Waals surface area contributed by atoms with Crippen molar-refractivity contribution in [1.82, 2.24) is 0 Å². The fraction of sp³-hybridized carbons (Fsp3) is 0.571. The number of hydrogen-bond donors (Lipinski definition) is 0. The van der Waals surface area contributed by atoms with E-state index < -0.39 is 8.07 Å². The third kappa shape index (κ3) is 3.29. The summed E-state index contributed by atoms with van der Waals surface area (Å²) in [5, 5.41) is 1.48. The van der Waals surface area contributed by atoms with Crippen molar-refractivity contribution in [2.24, 2.45) is 0 Å². The quantitative estimate of drug-likeness (QED) is 0.566. The van der Waals surface area contributed by atoms with Gasteiger partial charge in [-0.05, 0) is 20.4 Å². The van der Waals surface area contributed by atoms with E-state index in [1.165, 1.54) is 10.8 Å². The maximum atomic E-state index is 6.22. The summed E-state index contributed by atoms with van der Waals surface area (Å²) in [6, 6.07) is 6.64. The molecule has 0 amide bonds. The van der Waals surface area contributed by atoms with Gasteiger partial charge >= 0.3 is 0 Å². The molecule has 0 radical (unpaired) electrons. The van der Waals surface area contributed by atoms with E-state index >= 15 is 0 Å². The molecule has 4 heteroatoms. The minimum absolute atomic E-state index is 0.0164. The molecule has 0 spiro atoms. The molecule has 0 saturated carbocycles. The zero-order valence-corrected chi connectivity index (χ0v) is 15.0. The Balaban J connectivity index is 3.39. The van der Waals surface area contributed by atoms with Crippen LogP contribution in [0, 0.1) is 0 Å². The summed E-state index contributed by atoms with van der Waals surface area (Å²) in [7, 11) is 0.802. The van der Waals surface area contributed by atoms with Crippen molar-refractivity contribution in [3.63, 3.8) is 0 Å². The van der Waals surface area contributed by atoms with Crippen molar-refractivity contribution < 1.29 is 4.74 Å². The SMILES string of the molecule is CCC(C)(PCl)c1cc([Si](C)(C)C)ccc1OC. The van der Waals surface area contributed by atoms with Crippen molar-refractivity contribution in [2.45, 2.75) is 45.1 Å². The molecule has 1 nitrogen and oxygen atoms in total. The van der Waals surface area contributed by atoms with Crippen LogP contribution in [-0.2, 0) is 5.16 Å². The van der Waals surface area contributed by atoms with Crippen molar-refractivity contribution >= 4 is 32.4 Å². The van der Waals surface area contributed by atoms with E-state index in [0.717, 1.165) is 12.2 Å². The topological polar surface area (TPSA) is 9.23 Å². The van der Waals surface area contributed by atoms with Gasteiger partial charge in [-0.2, -0.15) is 0 Å². The smallest absolute Gasteiger partial charge is 0.122 e. The van der Waals surface area contributed by atoms with E-state index in [-0.39, 0.29) is 5.16 Å². The first-order valence-corrected chi connectivity index (χ1v) is 11.9. The molecule has 0 aliphatic carbocycles. The van der Waals surface area contributed by atoms with E-state index in [1.807, 2.05) is 0 Å². The summed E-state index contributed by atoms with van der Waals surface area (Å²) in [6.07, 6.45) is 1.03. The minimum atomic E-state index is -1.30. The standard InChI is InChI=1S/C14H24ClOPSi/c1-7-14(2,17-15)12-10-11(18(4,5)6)8-9-13(12)16-3/h8-10,17H,7H2,1-6H3. The zero-order chi connectivity index (χ0) is 14.0. The second kappa shape index (κ2) is 5.94. The Labute approximate surface area is 119 Å². The monoisotopic (exact) mass is 302 g/mol. The highest BCUT2D eigenvalue weighted by atomic mass is 35.7. The van der Waals surface area contributed by atoms with Crippen molar-refractivity contribution in [3.8, 4) is 5.75 Å². The van der Waals surface area contributed by atoms with Crippen molar-refractivity contribution in [1.29, 1.82) is 0 Å². The van der Waals surface area contributed by atoms with Gasteiger partial charge in [0.2, 0.25) is 0 Å². The second-order valence-electron chi connectivity index (χ2n) is 5.95. The lowest BCUT2D eigenvalue weighted by molar-refractivity contribution is 0.403. The molecule has 0 aromatic heterocycles. The third-order valence-corrected chi connectivity index (χ3v) is 7.91. The van der Waals surface area contributed by atoms with Gasteiger partial charge in [-0.15, -0.1) is 0 Å². The van der Waals surface area contributed by atoms with Gasteiger partial charge in [-0.25, -0.2) is 0 Å². The van der Waals surface area contributed by atoms with Crippen LogP contribution in [0.25, 0.3) is 0 Å². The second-order valence-corrected chi connectivity index (χ2v) is 12.9. The van der Waals surface area contributed by atoms with Crippen LogP contribution < -0.4 is 9.92 Å². The summed E-state index contributed by atoms with van der Waals surface area (Å²) in [5.41, 5.74) is 1.26. The van der Waals surface area contributed by atoms with Crippen molar-refractivity contribution in [3.05, 3.63) is 23.8 Å². The summed E-state index contributed by atoms with van der Waals surface area (Å²) >= 11 is 6.22. The Hall–Kier alpha value is -0.0431. The Kier molecular flexibility index (Phi) is 5.29. The van der Waals surface area contributed by atoms with Crippen LogP contribution in [0.3, 0.4) is 0 Å². The Morgan fingerprint density at radius 2 is 1.94 bits per heavy atom. The average Bonchev–Trinajstić information content (AvgIpc) is 2.36. The molecule has 0 N–H and O–H groups in total. The predicted molar refractivity (Wildman–Crippen MR) is 87.8 cm³/mol. The van der Waals surface area contributed by atoms with Gasteiger partial charge in [0.05, 0.1) is 15.2 Å². The molecule has 0 saturated heterocycles. The van der Waals surface area contributed by atoms with E-state index in [1.54, 1.807) is 7.11 Å². The lowest BCUT2D eigenvalue weighted by atomic mass is 9.96. The fourth-order valence-electron chi connectivity index (χ4n) is 1.91. The highest BCUT2D eigenvalue weighted by Gasteiger charge is 2.29. The molecule has 0 aliphatic rings. The van der Waals surface area contributed by atoms with Gasteiger partial charge in [0.25, 0.3) is 0 Å². The Morgan fingerprint density at radius 1 is 1.33 bits per heavy atom. The molecule has 1 rings (SSSR count). The van der Waals surface area contributed by atoms with E-state index in [4.69, 9.17) is 16.0 Å². The first-order chi connectivity index (χ1) is 8.28. The lowest BCUT2D eigenvalue weighted by Gasteiger charge is -2.29. The van der Waals surface area contributed by atoms with Crippen molar-refractivity contribution in [2.75, 3.05) is 7.11 Å². The molecule has 1 aromatic carbocycles. The molecular formula is C14H24ClOPSi. The largest absolute Gasteiger partial charge is 0.496 e. The number of methoxy groups -OCH3 is 1. The molecule has 0 aliphatic heterocycles. The van der Waals surface area contributed by atoms with Crippen LogP contribution in [0.5, 0.6) is 5.75 Å². The van der Waals surface area contributed by atoms with Gasteiger partial charge in [0.1, 0.15) is 5.75 Å². The Bertz CT molecular complexity index is 411. The molecule has 2 unspecified atom stereocenters. The van der Waals surface area contributed by atoms with E-state index in [0.29, 0.717) is 7.93 Å². The summed E-state index contributed by atoms with van der Waals surface area (Å²) in [4.78, 5) is 0. The van der Waals surface area contributed by atoms with Crippen LogP contribution >= 0.6 is 19.2 Å². The normalized spacial score (nSPS) is 15.9. The number of halogens is 1. The highest BCUT2D eigenvalue weighted by molar-refractivity contribution is 7.69. The first-order valence-electron chi connectivity index (χ1n) is 6.35. The molecular weight excluding hydrogens is 279 g/mol. The van der Waals surface area contributed by atoms with Gasteiger partial charge in [0.15, 0.2) is 0 Å². The van der Waals surface area contributed by atoms with E-state index in [9.17, 15) is 0 Å². The van der Waals surface area contributed by atoms with Crippen LogP contribution in [-0.4, -0.2) is 15.2 Å². The Morgan fingerprint density at radius 3 is 2.33 bits per heavy atom. The van der Waals surface area contributed by atoms with Crippen LogP contribution in [0.1, 0.15) is 25.8 Å². The maximum Gasteiger partial charge on any atom is 0.122 e. The molecule has 18 heavy (non-hydrogen) atoms. The van der Waals surface area contributed by atoms with Gasteiger partial charge in [-0.1, -0.05) is 62.0 Å². The lowest BCUT2D eigenvalue weighted by Crippen LogP contribution is -2.38. The third-order valence-electron chi connectivity index (χ3n) is 3.58. The fourth-order valence-corrected chi connectivity index (χ4v) is 4.21. The van der Waals surface area contributed by atoms with Gasteiger partial charge < -0.3 is 4.74 Å². The minimum Gasteiger partial charge on any atom is -0.496 e. The first kappa shape index (κ1) is 16.0. The molecule has 0 fully saturated rings. The van der Waals surface area contributed by atoms with Crippen LogP contribution in [0.4, 0.5) is 0 Å². The van der Waals surface area contributed by atoms with Crippen LogP contribution in [0.15, 0.2) is 18.2 Å². The van der Waals surface area contributed by atoms with E-state index in [2.05, 4.69) is 51.7 Å².